The number of ether oxygens (including phenoxy) is 1. The molecule has 2 N–H and O–H groups in total. The molecule has 0 bridgehead atoms. The van der Waals surface area contributed by atoms with Gasteiger partial charge >= 0.3 is 0 Å². The highest BCUT2D eigenvalue weighted by Gasteiger charge is 2.37. The van der Waals surface area contributed by atoms with Crippen LogP contribution in [0.3, 0.4) is 0 Å². The Labute approximate surface area is 107 Å². The number of rotatable bonds is 2. The Morgan fingerprint density at radius 3 is 3.00 bits per heavy atom. The summed E-state index contributed by atoms with van der Waals surface area (Å²) >= 11 is 0. The highest BCUT2D eigenvalue weighted by Crippen LogP contribution is 2.38. The number of fused-ring (bicyclic) bond motifs is 1. The van der Waals surface area contributed by atoms with Crippen molar-refractivity contribution >= 4 is 11.6 Å². The van der Waals surface area contributed by atoms with Crippen molar-refractivity contribution in [3.8, 4) is 5.75 Å². The molecule has 3 rings (SSSR count). The number of amides is 1. The summed E-state index contributed by atoms with van der Waals surface area (Å²) in [6.07, 6.45) is 3.31. The largest absolute Gasteiger partial charge is 0.482 e. The average Bonchev–Trinajstić information content (AvgIpc) is 2.86. The van der Waals surface area contributed by atoms with E-state index < -0.39 is 0 Å². The van der Waals surface area contributed by atoms with Crippen LogP contribution >= 0.6 is 0 Å². The van der Waals surface area contributed by atoms with Crippen LogP contribution in [0.15, 0.2) is 24.3 Å². The van der Waals surface area contributed by atoms with E-state index in [9.17, 15) is 4.79 Å². The second-order valence-electron chi connectivity index (χ2n) is 5.01. The fourth-order valence-electron chi connectivity index (χ4n) is 3.12. The Hall–Kier alpha value is -1.55. The normalized spacial score (nSPS) is 26.9. The smallest absolute Gasteiger partial charge is 0.265 e. The van der Waals surface area contributed by atoms with Gasteiger partial charge in [-0.15, -0.1) is 0 Å². The van der Waals surface area contributed by atoms with Gasteiger partial charge in [-0.05, 0) is 37.4 Å². The van der Waals surface area contributed by atoms with Gasteiger partial charge in [-0.2, -0.15) is 0 Å². The molecule has 1 aromatic carbocycles. The molecule has 1 heterocycles. The topological polar surface area (TPSA) is 55.6 Å². The van der Waals surface area contributed by atoms with Crippen LogP contribution in [0.4, 0.5) is 5.69 Å². The Balaban J connectivity index is 1.97. The van der Waals surface area contributed by atoms with Crippen molar-refractivity contribution in [1.29, 1.82) is 0 Å². The Morgan fingerprint density at radius 2 is 2.17 bits per heavy atom. The van der Waals surface area contributed by atoms with Gasteiger partial charge in [-0.1, -0.05) is 18.6 Å². The molecule has 1 aliphatic heterocycles. The van der Waals surface area contributed by atoms with Gasteiger partial charge in [0.1, 0.15) is 5.75 Å². The minimum atomic E-state index is 0.0547. The molecule has 1 amide bonds. The molecule has 1 saturated carbocycles. The van der Waals surface area contributed by atoms with Crippen molar-refractivity contribution < 1.29 is 9.53 Å². The van der Waals surface area contributed by atoms with Crippen molar-refractivity contribution in [2.24, 2.45) is 11.7 Å². The second kappa shape index (κ2) is 4.61. The quantitative estimate of drug-likeness (QED) is 0.861. The molecule has 18 heavy (non-hydrogen) atoms. The third-order valence-electron chi connectivity index (χ3n) is 4.00. The number of nitrogens with zero attached hydrogens (tertiary/aromatic N) is 1. The molecule has 96 valence electrons. The van der Waals surface area contributed by atoms with Gasteiger partial charge in [-0.3, -0.25) is 4.79 Å². The van der Waals surface area contributed by atoms with Crippen LogP contribution in [0.2, 0.25) is 0 Å². The van der Waals surface area contributed by atoms with E-state index in [0.717, 1.165) is 30.7 Å². The first-order valence-corrected chi connectivity index (χ1v) is 6.55. The van der Waals surface area contributed by atoms with E-state index in [1.807, 2.05) is 29.2 Å². The molecule has 1 aromatic rings. The number of hydrogen-bond donors (Lipinski definition) is 1. The van der Waals surface area contributed by atoms with Crippen LogP contribution in [0.1, 0.15) is 19.3 Å². The summed E-state index contributed by atoms with van der Waals surface area (Å²) in [5, 5.41) is 0. The Bertz CT molecular complexity index is 461. The molecular formula is C14H18N2O2. The number of benzene rings is 1. The van der Waals surface area contributed by atoms with Gasteiger partial charge in [0, 0.05) is 6.04 Å². The monoisotopic (exact) mass is 246 g/mol. The van der Waals surface area contributed by atoms with E-state index >= 15 is 0 Å². The molecule has 4 heteroatoms. The van der Waals surface area contributed by atoms with Crippen molar-refractivity contribution in [2.75, 3.05) is 18.1 Å². The molecule has 2 aliphatic rings. The van der Waals surface area contributed by atoms with Crippen molar-refractivity contribution in [2.45, 2.75) is 25.3 Å². The number of carbonyl (C=O) groups is 1. The summed E-state index contributed by atoms with van der Waals surface area (Å²) in [7, 11) is 0. The lowest BCUT2D eigenvalue weighted by Gasteiger charge is -2.36. The highest BCUT2D eigenvalue weighted by molar-refractivity contribution is 5.98. The van der Waals surface area contributed by atoms with E-state index in [0.29, 0.717) is 12.5 Å². The van der Waals surface area contributed by atoms with Crippen LogP contribution in [-0.2, 0) is 4.79 Å². The first kappa shape index (κ1) is 11.5. The summed E-state index contributed by atoms with van der Waals surface area (Å²) in [5.74, 6) is 1.28. The van der Waals surface area contributed by atoms with E-state index in [-0.39, 0.29) is 18.6 Å². The van der Waals surface area contributed by atoms with Gasteiger partial charge in [0.2, 0.25) is 0 Å². The zero-order chi connectivity index (χ0) is 12.5. The number of carbonyl (C=O) groups excluding carboxylic acids is 1. The molecule has 0 spiro atoms. The summed E-state index contributed by atoms with van der Waals surface area (Å²) < 4.78 is 5.47. The highest BCUT2D eigenvalue weighted by atomic mass is 16.5. The number of anilines is 1. The average molecular weight is 246 g/mol. The molecule has 0 radical (unpaired) electrons. The minimum Gasteiger partial charge on any atom is -0.482 e. The Kier molecular flexibility index (Phi) is 2.96. The van der Waals surface area contributed by atoms with E-state index in [4.69, 9.17) is 10.5 Å². The van der Waals surface area contributed by atoms with Crippen molar-refractivity contribution in [3.05, 3.63) is 24.3 Å². The maximum atomic E-state index is 12.2. The fraction of sp³-hybridized carbons (Fsp3) is 0.500. The number of nitrogens with two attached hydrogens (primary N) is 1. The zero-order valence-corrected chi connectivity index (χ0v) is 10.3. The molecule has 2 unspecified atom stereocenters. The molecule has 1 aliphatic carbocycles. The Morgan fingerprint density at radius 1 is 1.33 bits per heavy atom. The standard InChI is InChI=1S/C14H18N2O2/c15-8-10-4-3-6-11(10)16-12-5-1-2-7-13(12)18-9-14(16)17/h1-2,5,7,10-11H,3-4,6,8-9,15H2. The summed E-state index contributed by atoms with van der Waals surface area (Å²) in [5.41, 5.74) is 6.73. The predicted molar refractivity (Wildman–Crippen MR) is 69.6 cm³/mol. The number of hydrogen-bond acceptors (Lipinski definition) is 3. The SMILES string of the molecule is NCC1CCCC1N1C(=O)COc2ccccc21. The van der Waals surface area contributed by atoms with Gasteiger partial charge in [-0.25, -0.2) is 0 Å². The molecule has 2 atom stereocenters. The minimum absolute atomic E-state index is 0.0547. The summed E-state index contributed by atoms with van der Waals surface area (Å²) in [4.78, 5) is 14.1. The van der Waals surface area contributed by atoms with E-state index in [1.54, 1.807) is 0 Å². The summed E-state index contributed by atoms with van der Waals surface area (Å²) in [6.45, 7) is 0.794. The van der Waals surface area contributed by atoms with Crippen LogP contribution in [-0.4, -0.2) is 25.1 Å². The van der Waals surface area contributed by atoms with Crippen LogP contribution < -0.4 is 15.4 Å². The second-order valence-corrected chi connectivity index (χ2v) is 5.01. The van der Waals surface area contributed by atoms with Crippen molar-refractivity contribution in [3.63, 3.8) is 0 Å². The zero-order valence-electron chi connectivity index (χ0n) is 10.3. The maximum Gasteiger partial charge on any atom is 0.265 e. The maximum absolute atomic E-state index is 12.2. The lowest BCUT2D eigenvalue weighted by Crippen LogP contribution is -2.48. The van der Waals surface area contributed by atoms with Gasteiger partial charge in [0.25, 0.3) is 5.91 Å². The molecule has 4 nitrogen and oxygen atoms in total. The van der Waals surface area contributed by atoms with Crippen LogP contribution in [0.25, 0.3) is 0 Å². The predicted octanol–water partition coefficient (Wildman–Crippen LogP) is 1.54. The third-order valence-corrected chi connectivity index (χ3v) is 4.00. The molecule has 0 saturated heterocycles. The van der Waals surface area contributed by atoms with Gasteiger partial charge in [0.15, 0.2) is 6.61 Å². The molecule has 0 aromatic heterocycles. The van der Waals surface area contributed by atoms with E-state index in [2.05, 4.69) is 0 Å². The van der Waals surface area contributed by atoms with Crippen LogP contribution in [0.5, 0.6) is 5.75 Å². The first-order chi connectivity index (χ1) is 8.81. The summed E-state index contributed by atoms with van der Waals surface area (Å²) in [6, 6.07) is 7.99. The number of para-hydroxylation sites is 2. The lowest BCUT2D eigenvalue weighted by atomic mass is 10.0. The van der Waals surface area contributed by atoms with Gasteiger partial charge < -0.3 is 15.4 Å². The fourth-order valence-corrected chi connectivity index (χ4v) is 3.12. The van der Waals surface area contributed by atoms with Gasteiger partial charge in [0.05, 0.1) is 5.69 Å². The molecule has 1 fully saturated rings. The third kappa shape index (κ3) is 1.77. The van der Waals surface area contributed by atoms with Crippen molar-refractivity contribution in [1.82, 2.24) is 0 Å². The lowest BCUT2D eigenvalue weighted by molar-refractivity contribution is -0.122. The van der Waals surface area contributed by atoms with Crippen LogP contribution in [0, 0.1) is 5.92 Å². The first-order valence-electron chi connectivity index (χ1n) is 6.55. The van der Waals surface area contributed by atoms with E-state index in [1.165, 1.54) is 0 Å². The molecular weight excluding hydrogens is 228 g/mol.